The van der Waals surface area contributed by atoms with E-state index < -0.39 is 0 Å². The molecule has 112 valence electrons. The van der Waals surface area contributed by atoms with E-state index in [4.69, 9.17) is 0 Å². The number of aldehydes is 1. The van der Waals surface area contributed by atoms with Crippen molar-refractivity contribution in [1.29, 1.82) is 0 Å². The molecule has 1 aliphatic rings. The van der Waals surface area contributed by atoms with Crippen molar-refractivity contribution in [2.24, 2.45) is 0 Å². The molecule has 0 saturated heterocycles. The molecule has 0 amide bonds. The first-order valence-corrected chi connectivity index (χ1v) is 7.38. The molecule has 4 heteroatoms. The van der Waals surface area contributed by atoms with Gasteiger partial charge in [0, 0.05) is 12.2 Å². The zero-order chi connectivity index (χ0) is 13.9. The highest BCUT2D eigenvalue weighted by atomic mass is 35.5. The summed E-state index contributed by atoms with van der Waals surface area (Å²) >= 11 is 0. The van der Waals surface area contributed by atoms with Crippen molar-refractivity contribution >= 4 is 12.0 Å². The first-order chi connectivity index (χ1) is 9.22. The average molecular weight is 297 g/mol. The van der Waals surface area contributed by atoms with Crippen molar-refractivity contribution in [2.75, 3.05) is 31.1 Å². The van der Waals surface area contributed by atoms with Gasteiger partial charge in [-0.15, -0.1) is 0 Å². The highest BCUT2D eigenvalue weighted by Gasteiger charge is 2.39. The Morgan fingerprint density at radius 1 is 1.20 bits per heavy atom. The normalized spacial score (nSPS) is 15.4. The SMILES string of the molecule is CC[N+](CC)(CC)C(C=O)N1CCc2ccccc21.[Cl-]. The maximum absolute atomic E-state index is 11.8. The summed E-state index contributed by atoms with van der Waals surface area (Å²) in [6, 6.07) is 8.47. The molecule has 1 unspecified atom stereocenters. The fourth-order valence-electron chi connectivity index (χ4n) is 3.37. The largest absolute Gasteiger partial charge is 1.00 e. The van der Waals surface area contributed by atoms with Gasteiger partial charge in [0.05, 0.1) is 19.6 Å². The molecule has 1 aromatic carbocycles. The minimum Gasteiger partial charge on any atom is -1.00 e. The van der Waals surface area contributed by atoms with E-state index in [1.165, 1.54) is 11.3 Å². The average Bonchev–Trinajstić information content (AvgIpc) is 2.89. The second-order valence-electron chi connectivity index (χ2n) is 5.29. The molecule has 1 aromatic rings. The van der Waals surface area contributed by atoms with Crippen LogP contribution in [-0.4, -0.2) is 43.1 Å². The van der Waals surface area contributed by atoms with Gasteiger partial charge in [-0.2, -0.15) is 0 Å². The van der Waals surface area contributed by atoms with Crippen LogP contribution in [-0.2, 0) is 11.2 Å². The number of hydrogen-bond acceptors (Lipinski definition) is 2. The van der Waals surface area contributed by atoms with Crippen molar-refractivity contribution in [3.8, 4) is 0 Å². The second kappa shape index (κ2) is 7.09. The lowest BCUT2D eigenvalue weighted by molar-refractivity contribution is -0.936. The van der Waals surface area contributed by atoms with Crippen molar-refractivity contribution in [1.82, 2.24) is 0 Å². The van der Waals surface area contributed by atoms with E-state index in [9.17, 15) is 4.79 Å². The first kappa shape index (κ1) is 17.0. The highest BCUT2D eigenvalue weighted by molar-refractivity contribution is 5.68. The summed E-state index contributed by atoms with van der Waals surface area (Å²) in [6.07, 6.45) is 2.15. The highest BCUT2D eigenvalue weighted by Crippen LogP contribution is 2.31. The molecule has 0 saturated carbocycles. The van der Waals surface area contributed by atoms with Gasteiger partial charge in [-0.3, -0.25) is 9.28 Å². The van der Waals surface area contributed by atoms with E-state index in [0.717, 1.165) is 43.4 Å². The fraction of sp³-hybridized carbons (Fsp3) is 0.562. The van der Waals surface area contributed by atoms with Gasteiger partial charge in [0.1, 0.15) is 0 Å². The smallest absolute Gasteiger partial charge is 0.222 e. The molecule has 2 rings (SSSR count). The molecule has 0 bridgehead atoms. The lowest BCUT2D eigenvalue weighted by Gasteiger charge is -2.44. The third kappa shape index (κ3) is 2.70. The van der Waals surface area contributed by atoms with Crippen molar-refractivity contribution in [2.45, 2.75) is 33.4 Å². The molecule has 0 radical (unpaired) electrons. The summed E-state index contributed by atoms with van der Waals surface area (Å²) in [5, 5.41) is 0. The standard InChI is InChI=1S/C16H25N2O.ClH/c1-4-18(5-2,6-3)16(13-19)17-12-11-14-9-7-8-10-15(14)17;/h7-10,13,16H,4-6,11-12H2,1-3H3;1H/q+1;/p-1. The lowest BCUT2D eigenvalue weighted by Crippen LogP contribution is -3.00. The molecule has 0 spiro atoms. The molecule has 0 fully saturated rings. The van der Waals surface area contributed by atoms with E-state index in [-0.39, 0.29) is 18.6 Å². The third-order valence-corrected chi connectivity index (χ3v) is 4.81. The second-order valence-corrected chi connectivity index (χ2v) is 5.29. The molecular weight excluding hydrogens is 272 g/mol. The Bertz CT molecular complexity index is 438. The topological polar surface area (TPSA) is 20.3 Å². The van der Waals surface area contributed by atoms with Crippen LogP contribution in [0.2, 0.25) is 0 Å². The number of rotatable bonds is 6. The minimum absolute atomic E-state index is 0. The van der Waals surface area contributed by atoms with Gasteiger partial charge in [0.25, 0.3) is 0 Å². The molecule has 1 aliphatic heterocycles. The number of nitrogens with zero attached hydrogens (tertiary/aromatic N) is 2. The Morgan fingerprint density at radius 2 is 1.80 bits per heavy atom. The van der Waals surface area contributed by atoms with E-state index in [2.05, 4.69) is 49.9 Å². The van der Waals surface area contributed by atoms with Gasteiger partial charge >= 0.3 is 0 Å². The maximum Gasteiger partial charge on any atom is 0.222 e. The van der Waals surface area contributed by atoms with E-state index in [1.807, 2.05) is 0 Å². The monoisotopic (exact) mass is 296 g/mol. The van der Waals surface area contributed by atoms with Crippen molar-refractivity contribution in [3.63, 3.8) is 0 Å². The molecule has 1 heterocycles. The zero-order valence-electron chi connectivity index (χ0n) is 12.7. The fourth-order valence-corrected chi connectivity index (χ4v) is 3.37. The van der Waals surface area contributed by atoms with E-state index in [0.29, 0.717) is 0 Å². The first-order valence-electron chi connectivity index (χ1n) is 7.38. The number of quaternary nitrogens is 1. The Balaban J connectivity index is 0.00000200. The lowest BCUT2D eigenvalue weighted by atomic mass is 10.2. The summed E-state index contributed by atoms with van der Waals surface area (Å²) in [4.78, 5) is 14.1. The van der Waals surface area contributed by atoms with Gasteiger partial charge in [-0.1, -0.05) is 18.2 Å². The zero-order valence-corrected chi connectivity index (χ0v) is 13.4. The van der Waals surface area contributed by atoms with Gasteiger partial charge in [0.15, 0.2) is 6.29 Å². The molecule has 1 atom stereocenters. The molecule has 0 aromatic heterocycles. The Kier molecular flexibility index (Phi) is 6.03. The molecule has 20 heavy (non-hydrogen) atoms. The number of fused-ring (bicyclic) bond motifs is 1. The number of carbonyl (C=O) groups excluding carboxylic acids is 1. The van der Waals surface area contributed by atoms with Crippen LogP contribution in [0.4, 0.5) is 5.69 Å². The number of para-hydroxylation sites is 1. The molecular formula is C16H25ClN2O. The summed E-state index contributed by atoms with van der Waals surface area (Å²) < 4.78 is 0.845. The van der Waals surface area contributed by atoms with Crippen molar-refractivity contribution in [3.05, 3.63) is 29.8 Å². The van der Waals surface area contributed by atoms with Gasteiger partial charge < -0.3 is 17.3 Å². The molecule has 3 nitrogen and oxygen atoms in total. The number of hydrogen-bond donors (Lipinski definition) is 0. The van der Waals surface area contributed by atoms with E-state index >= 15 is 0 Å². The number of halogens is 1. The summed E-state index contributed by atoms with van der Waals surface area (Å²) in [7, 11) is 0. The van der Waals surface area contributed by atoms with Gasteiger partial charge in [-0.05, 0) is 38.8 Å². The summed E-state index contributed by atoms with van der Waals surface area (Å²) in [6.45, 7) is 10.5. The third-order valence-electron chi connectivity index (χ3n) is 4.81. The van der Waals surface area contributed by atoms with Crippen LogP contribution < -0.4 is 17.3 Å². The summed E-state index contributed by atoms with van der Waals surface area (Å²) in [5.74, 6) is 0. The van der Waals surface area contributed by atoms with Crippen molar-refractivity contribution < 1.29 is 21.7 Å². The Hall–Kier alpha value is -1.06. The van der Waals surface area contributed by atoms with Crippen LogP contribution in [0.5, 0.6) is 0 Å². The van der Waals surface area contributed by atoms with Crippen LogP contribution in [0.15, 0.2) is 24.3 Å². The van der Waals surface area contributed by atoms with E-state index in [1.54, 1.807) is 0 Å². The van der Waals surface area contributed by atoms with Crippen LogP contribution >= 0.6 is 0 Å². The molecule has 0 aliphatic carbocycles. The number of likely N-dealkylation sites (N-methyl/N-ethyl adjacent to an activating group) is 1. The predicted octanol–water partition coefficient (Wildman–Crippen LogP) is -0.545. The predicted molar refractivity (Wildman–Crippen MR) is 79.2 cm³/mol. The minimum atomic E-state index is -0.0522. The quantitative estimate of drug-likeness (QED) is 0.519. The maximum atomic E-state index is 11.8. The van der Waals surface area contributed by atoms with Crippen LogP contribution in [0.1, 0.15) is 26.3 Å². The molecule has 0 N–H and O–H groups in total. The van der Waals surface area contributed by atoms with Crippen LogP contribution in [0.25, 0.3) is 0 Å². The summed E-state index contributed by atoms with van der Waals surface area (Å²) in [5.41, 5.74) is 2.62. The van der Waals surface area contributed by atoms with Crippen LogP contribution in [0.3, 0.4) is 0 Å². The number of benzene rings is 1. The van der Waals surface area contributed by atoms with Gasteiger partial charge in [0.2, 0.25) is 6.17 Å². The number of carbonyl (C=O) groups is 1. The Morgan fingerprint density at radius 3 is 2.35 bits per heavy atom. The van der Waals surface area contributed by atoms with Gasteiger partial charge in [-0.25, -0.2) is 0 Å². The number of anilines is 1. The van der Waals surface area contributed by atoms with Crippen LogP contribution in [0, 0.1) is 0 Å². The Labute approximate surface area is 128 Å².